The molecule has 2 aromatic rings. The molecule has 3 N–H and O–H groups in total. The molecule has 1 aliphatic heterocycles. The third kappa shape index (κ3) is 2.75. The second-order valence-electron chi connectivity index (χ2n) is 6.45. The maximum atomic E-state index is 12.5. The maximum absolute atomic E-state index is 12.5. The average Bonchev–Trinajstić information content (AvgIpc) is 2.90. The molecule has 2 aromatic heterocycles. The number of nitrogens with zero attached hydrogens (tertiary/aromatic N) is 4. The summed E-state index contributed by atoms with van der Waals surface area (Å²) in [5.74, 6) is 0.0825. The highest BCUT2D eigenvalue weighted by Crippen LogP contribution is 2.10. The molecule has 0 aliphatic carbocycles. The number of aryl methyl sites for hydroxylation is 1. The molecule has 1 aliphatic rings. The Morgan fingerprint density at radius 1 is 1.17 bits per heavy atom. The van der Waals surface area contributed by atoms with E-state index in [1.807, 2.05) is 0 Å². The van der Waals surface area contributed by atoms with Gasteiger partial charge < -0.3 is 15.2 Å². The zero-order valence-electron chi connectivity index (χ0n) is 14.0. The van der Waals surface area contributed by atoms with E-state index in [0.717, 1.165) is 30.5 Å². The van der Waals surface area contributed by atoms with Crippen molar-refractivity contribution < 1.29 is 9.69 Å². The SMILES string of the molecule is Cn1c(=O)c2c(nc(C[NH+]3CCCCC3)n2CC(N)=O)n(C)c1=O. The highest BCUT2D eigenvalue weighted by atomic mass is 16.2. The lowest BCUT2D eigenvalue weighted by Crippen LogP contribution is -3.11. The van der Waals surface area contributed by atoms with Crippen molar-refractivity contribution in [1.82, 2.24) is 18.7 Å². The Morgan fingerprint density at radius 2 is 1.83 bits per heavy atom. The van der Waals surface area contributed by atoms with Crippen LogP contribution in [0.15, 0.2) is 9.59 Å². The largest absolute Gasteiger partial charge is 0.368 e. The van der Waals surface area contributed by atoms with E-state index < -0.39 is 17.2 Å². The van der Waals surface area contributed by atoms with Crippen molar-refractivity contribution in [1.29, 1.82) is 0 Å². The van der Waals surface area contributed by atoms with Gasteiger partial charge in [0.05, 0.1) is 13.1 Å². The Balaban J connectivity index is 2.18. The van der Waals surface area contributed by atoms with Crippen LogP contribution >= 0.6 is 0 Å². The molecule has 9 heteroatoms. The molecule has 3 rings (SSSR count). The molecule has 3 heterocycles. The normalized spacial score (nSPS) is 15.9. The first-order valence-electron chi connectivity index (χ1n) is 8.17. The number of aromatic nitrogens is 4. The van der Waals surface area contributed by atoms with Gasteiger partial charge in [-0.1, -0.05) is 0 Å². The highest BCUT2D eigenvalue weighted by molar-refractivity contribution is 5.78. The van der Waals surface area contributed by atoms with Gasteiger partial charge in [-0.25, -0.2) is 9.78 Å². The fraction of sp³-hybridized carbons (Fsp3) is 0.600. The molecule has 9 nitrogen and oxygen atoms in total. The predicted molar refractivity (Wildman–Crippen MR) is 87.7 cm³/mol. The number of nitrogens with two attached hydrogens (primary N) is 1. The minimum atomic E-state index is -0.542. The van der Waals surface area contributed by atoms with Gasteiger partial charge in [-0.3, -0.25) is 18.7 Å². The lowest BCUT2D eigenvalue weighted by atomic mass is 10.1. The molecular formula is C15H23N6O3+. The monoisotopic (exact) mass is 335 g/mol. The predicted octanol–water partition coefficient (Wildman–Crippen LogP) is -2.51. The number of hydrogen-bond donors (Lipinski definition) is 2. The average molecular weight is 335 g/mol. The molecule has 0 unspecified atom stereocenters. The van der Waals surface area contributed by atoms with Crippen LogP contribution in [0.1, 0.15) is 25.1 Å². The van der Waals surface area contributed by atoms with Crippen molar-refractivity contribution in [3.05, 3.63) is 26.7 Å². The fourth-order valence-electron chi connectivity index (χ4n) is 3.40. The molecular weight excluding hydrogens is 312 g/mol. The van der Waals surface area contributed by atoms with Crippen LogP contribution in [0.5, 0.6) is 0 Å². The number of imidazole rings is 1. The van der Waals surface area contributed by atoms with Gasteiger partial charge in [-0.15, -0.1) is 0 Å². The number of primary amides is 1. The fourth-order valence-corrected chi connectivity index (χ4v) is 3.40. The van der Waals surface area contributed by atoms with Crippen LogP contribution in [-0.2, 0) is 32.0 Å². The molecule has 0 spiro atoms. The van der Waals surface area contributed by atoms with Crippen LogP contribution in [0.4, 0.5) is 0 Å². The van der Waals surface area contributed by atoms with Gasteiger partial charge in [0.1, 0.15) is 13.1 Å². The molecule has 130 valence electrons. The first-order chi connectivity index (χ1) is 11.4. The third-order valence-corrected chi connectivity index (χ3v) is 4.71. The van der Waals surface area contributed by atoms with Crippen LogP contribution in [0.2, 0.25) is 0 Å². The standard InChI is InChI=1S/C15H22N6O3/c1-18-13-12(14(23)19(2)15(18)24)21(8-10(16)22)11(17-13)9-20-6-4-3-5-7-20/h3-9H2,1-2H3,(H2,16,22)/p+1. The Kier molecular flexibility index (Phi) is 4.27. The summed E-state index contributed by atoms with van der Waals surface area (Å²) >= 11 is 0. The minimum absolute atomic E-state index is 0.118. The van der Waals surface area contributed by atoms with E-state index in [9.17, 15) is 14.4 Å². The van der Waals surface area contributed by atoms with Crippen LogP contribution < -0.4 is 21.9 Å². The van der Waals surface area contributed by atoms with Gasteiger partial charge in [0.25, 0.3) is 5.56 Å². The van der Waals surface area contributed by atoms with Crippen molar-refractivity contribution in [3.8, 4) is 0 Å². The van der Waals surface area contributed by atoms with E-state index in [-0.39, 0.29) is 12.1 Å². The Labute approximate surface area is 138 Å². The second kappa shape index (κ2) is 6.23. The van der Waals surface area contributed by atoms with Crippen molar-refractivity contribution in [2.24, 2.45) is 19.8 Å². The third-order valence-electron chi connectivity index (χ3n) is 4.71. The van der Waals surface area contributed by atoms with E-state index in [1.54, 1.807) is 11.6 Å². The molecule has 1 saturated heterocycles. The number of likely N-dealkylation sites (tertiary alicyclic amines) is 1. The first-order valence-corrected chi connectivity index (χ1v) is 8.17. The van der Waals surface area contributed by atoms with E-state index in [2.05, 4.69) is 4.98 Å². The van der Waals surface area contributed by atoms with Crippen molar-refractivity contribution >= 4 is 17.1 Å². The van der Waals surface area contributed by atoms with Gasteiger partial charge >= 0.3 is 5.69 Å². The lowest BCUT2D eigenvalue weighted by Gasteiger charge is -2.23. The van der Waals surface area contributed by atoms with Crippen LogP contribution in [0.25, 0.3) is 11.2 Å². The number of carbonyl (C=O) groups is 1. The van der Waals surface area contributed by atoms with E-state index in [0.29, 0.717) is 18.0 Å². The number of fused-ring (bicyclic) bond motifs is 1. The van der Waals surface area contributed by atoms with Crippen molar-refractivity contribution in [2.45, 2.75) is 32.4 Å². The molecule has 0 bridgehead atoms. The summed E-state index contributed by atoms with van der Waals surface area (Å²) in [6, 6.07) is 0. The second-order valence-corrected chi connectivity index (χ2v) is 6.45. The van der Waals surface area contributed by atoms with Gasteiger partial charge in [-0.05, 0) is 19.3 Å². The van der Waals surface area contributed by atoms with Crippen molar-refractivity contribution in [3.63, 3.8) is 0 Å². The molecule has 24 heavy (non-hydrogen) atoms. The quantitative estimate of drug-likeness (QED) is 0.643. The zero-order chi connectivity index (χ0) is 17.4. The van der Waals surface area contributed by atoms with Gasteiger partial charge in [-0.2, -0.15) is 0 Å². The summed E-state index contributed by atoms with van der Waals surface area (Å²) < 4.78 is 3.93. The Morgan fingerprint density at radius 3 is 2.46 bits per heavy atom. The van der Waals surface area contributed by atoms with E-state index in [4.69, 9.17) is 5.73 Å². The maximum Gasteiger partial charge on any atom is 0.332 e. The van der Waals surface area contributed by atoms with Crippen LogP contribution in [-0.4, -0.2) is 37.7 Å². The molecule has 0 atom stereocenters. The van der Waals surface area contributed by atoms with Gasteiger partial charge in [0.15, 0.2) is 17.0 Å². The van der Waals surface area contributed by atoms with Gasteiger partial charge in [0, 0.05) is 14.1 Å². The summed E-state index contributed by atoms with van der Waals surface area (Å²) in [5, 5.41) is 0. The zero-order valence-corrected chi connectivity index (χ0v) is 14.0. The summed E-state index contributed by atoms with van der Waals surface area (Å²) in [6.07, 6.45) is 3.55. The van der Waals surface area contributed by atoms with E-state index >= 15 is 0 Å². The van der Waals surface area contributed by atoms with E-state index in [1.165, 1.54) is 22.9 Å². The summed E-state index contributed by atoms with van der Waals surface area (Å²) in [5.41, 5.74) is 5.02. The first kappa shape index (κ1) is 16.4. The highest BCUT2D eigenvalue weighted by Gasteiger charge is 2.23. The molecule has 0 aromatic carbocycles. The summed E-state index contributed by atoms with van der Waals surface area (Å²) in [7, 11) is 2.99. The summed E-state index contributed by atoms with van der Waals surface area (Å²) in [4.78, 5) is 42.0. The molecule has 0 saturated carbocycles. The van der Waals surface area contributed by atoms with Crippen molar-refractivity contribution in [2.75, 3.05) is 13.1 Å². The number of hydrogen-bond acceptors (Lipinski definition) is 4. The number of carbonyl (C=O) groups excluding carboxylic acids is 1. The number of piperidine rings is 1. The smallest absolute Gasteiger partial charge is 0.332 e. The molecule has 1 fully saturated rings. The minimum Gasteiger partial charge on any atom is -0.368 e. The number of quaternary nitrogens is 1. The lowest BCUT2D eigenvalue weighted by molar-refractivity contribution is -0.919. The molecule has 1 amide bonds. The van der Waals surface area contributed by atoms with Crippen LogP contribution in [0.3, 0.4) is 0 Å². The Hall–Kier alpha value is -2.42. The van der Waals surface area contributed by atoms with Crippen LogP contribution in [0, 0.1) is 0 Å². The molecule has 0 radical (unpaired) electrons. The topological polar surface area (TPSA) is 109 Å². The Bertz CT molecular complexity index is 901. The number of amides is 1. The number of nitrogens with one attached hydrogen (secondary N) is 1. The number of rotatable bonds is 4. The van der Waals surface area contributed by atoms with Gasteiger partial charge in [0.2, 0.25) is 5.91 Å². The summed E-state index contributed by atoms with van der Waals surface area (Å²) in [6.45, 7) is 2.57.